The van der Waals surface area contributed by atoms with Gasteiger partial charge in [0, 0.05) is 12.1 Å². The summed E-state index contributed by atoms with van der Waals surface area (Å²) in [6.07, 6.45) is 0. The van der Waals surface area contributed by atoms with Crippen LogP contribution in [0.1, 0.15) is 25.6 Å². The Morgan fingerprint density at radius 3 is 2.26 bits per heavy atom. The molecule has 0 spiro atoms. The summed E-state index contributed by atoms with van der Waals surface area (Å²) in [6.45, 7) is 0.372. The van der Waals surface area contributed by atoms with Crippen molar-refractivity contribution in [3.05, 3.63) is 85.0 Å². The van der Waals surface area contributed by atoms with Crippen LogP contribution in [0.25, 0.3) is 0 Å². The van der Waals surface area contributed by atoms with Gasteiger partial charge in [-0.3, -0.25) is 9.59 Å². The molecule has 3 aromatic rings. The van der Waals surface area contributed by atoms with Crippen LogP contribution in [0.5, 0.6) is 0 Å². The molecule has 1 heterocycles. The molecule has 27 heavy (non-hydrogen) atoms. The van der Waals surface area contributed by atoms with Gasteiger partial charge in [-0.15, -0.1) is 11.3 Å². The van der Waals surface area contributed by atoms with E-state index < -0.39 is 0 Å². The molecule has 0 saturated carbocycles. The number of thiophene rings is 1. The topological polar surface area (TPSA) is 58.2 Å². The van der Waals surface area contributed by atoms with Crippen LogP contribution in [0, 0.1) is 0 Å². The highest BCUT2D eigenvalue weighted by atomic mass is 35.5. The fourth-order valence-corrected chi connectivity index (χ4v) is 3.50. The summed E-state index contributed by atoms with van der Waals surface area (Å²) in [7, 11) is 0. The molecule has 2 aromatic carbocycles. The third kappa shape index (κ3) is 5.02. The molecule has 0 saturated heterocycles. The van der Waals surface area contributed by atoms with Crippen LogP contribution in [0.2, 0.25) is 15.1 Å². The number of benzene rings is 2. The van der Waals surface area contributed by atoms with Crippen LogP contribution in [0.4, 0.5) is 5.69 Å². The van der Waals surface area contributed by atoms with Crippen LogP contribution < -0.4 is 10.6 Å². The molecule has 0 aliphatic rings. The van der Waals surface area contributed by atoms with E-state index in [1.54, 1.807) is 30.3 Å². The maximum atomic E-state index is 12.4. The fraction of sp³-hybridized carbons (Fsp3) is 0.0526. The standard InChI is InChI=1S/C19H13Cl3N2O2S/c20-13-8-15(22)16(9-14(13)21)24-18(25)12-5-3-11(4-6-12)10-23-19(26)17-2-1-7-27-17/h1-9H,10H2,(H,23,26)(H,24,25). The molecule has 0 aliphatic carbocycles. The molecule has 0 aliphatic heterocycles. The summed E-state index contributed by atoms with van der Waals surface area (Å²) >= 11 is 19.3. The lowest BCUT2D eigenvalue weighted by molar-refractivity contribution is 0.0953. The summed E-state index contributed by atoms with van der Waals surface area (Å²) in [5.74, 6) is -0.453. The zero-order valence-electron chi connectivity index (χ0n) is 13.8. The van der Waals surface area contributed by atoms with Gasteiger partial charge in [0.1, 0.15) is 0 Å². The van der Waals surface area contributed by atoms with Gasteiger partial charge in [0.25, 0.3) is 11.8 Å². The predicted molar refractivity (Wildman–Crippen MR) is 111 cm³/mol. The summed E-state index contributed by atoms with van der Waals surface area (Å²) in [5, 5.41) is 8.29. The van der Waals surface area contributed by atoms with Crippen LogP contribution in [0.3, 0.4) is 0 Å². The SMILES string of the molecule is O=C(Nc1cc(Cl)c(Cl)cc1Cl)c1ccc(CNC(=O)c2cccs2)cc1. The zero-order valence-corrected chi connectivity index (χ0v) is 16.8. The molecule has 4 nitrogen and oxygen atoms in total. The van der Waals surface area contributed by atoms with E-state index in [1.807, 2.05) is 11.4 Å². The quantitative estimate of drug-likeness (QED) is 0.487. The molecule has 2 N–H and O–H groups in total. The van der Waals surface area contributed by atoms with Gasteiger partial charge in [0.05, 0.1) is 25.6 Å². The molecule has 0 radical (unpaired) electrons. The number of amides is 2. The second-order valence-electron chi connectivity index (χ2n) is 5.56. The van der Waals surface area contributed by atoms with Crippen molar-refractivity contribution in [1.29, 1.82) is 0 Å². The Kier molecular flexibility index (Phi) is 6.39. The summed E-state index contributed by atoms with van der Waals surface area (Å²) in [6, 6.07) is 13.5. The van der Waals surface area contributed by atoms with E-state index in [1.165, 1.54) is 23.5 Å². The van der Waals surface area contributed by atoms with Crippen molar-refractivity contribution in [2.45, 2.75) is 6.54 Å². The average molecular weight is 440 g/mol. The zero-order chi connectivity index (χ0) is 19.4. The fourth-order valence-electron chi connectivity index (χ4n) is 2.26. The van der Waals surface area contributed by atoms with Gasteiger partial charge >= 0.3 is 0 Å². The van der Waals surface area contributed by atoms with E-state index >= 15 is 0 Å². The van der Waals surface area contributed by atoms with Gasteiger partial charge in [-0.25, -0.2) is 0 Å². The first-order valence-corrected chi connectivity index (χ1v) is 9.82. The number of anilines is 1. The van der Waals surface area contributed by atoms with Gasteiger partial charge in [-0.2, -0.15) is 0 Å². The van der Waals surface area contributed by atoms with Gasteiger partial charge in [-0.1, -0.05) is 53.0 Å². The molecule has 2 amide bonds. The number of nitrogens with one attached hydrogen (secondary N) is 2. The second-order valence-corrected chi connectivity index (χ2v) is 7.73. The Hall–Kier alpha value is -2.05. The van der Waals surface area contributed by atoms with E-state index in [0.717, 1.165) is 5.56 Å². The van der Waals surface area contributed by atoms with Crippen molar-refractivity contribution in [1.82, 2.24) is 5.32 Å². The van der Waals surface area contributed by atoms with Gasteiger partial charge < -0.3 is 10.6 Å². The van der Waals surface area contributed by atoms with Crippen molar-refractivity contribution in [3.8, 4) is 0 Å². The molecule has 138 valence electrons. The number of carbonyl (C=O) groups is 2. The Morgan fingerprint density at radius 2 is 1.59 bits per heavy atom. The van der Waals surface area contributed by atoms with Gasteiger partial charge in [-0.05, 0) is 41.3 Å². The molecule has 0 unspecified atom stereocenters. The molecular formula is C19H13Cl3N2O2S. The monoisotopic (exact) mass is 438 g/mol. The van der Waals surface area contributed by atoms with Crippen molar-refractivity contribution < 1.29 is 9.59 Å². The second kappa shape index (κ2) is 8.76. The first-order chi connectivity index (χ1) is 12.9. The normalized spacial score (nSPS) is 10.5. The van der Waals surface area contributed by atoms with E-state index in [9.17, 15) is 9.59 Å². The summed E-state index contributed by atoms with van der Waals surface area (Å²) < 4.78 is 0. The van der Waals surface area contributed by atoms with Crippen molar-refractivity contribution in [2.75, 3.05) is 5.32 Å². The van der Waals surface area contributed by atoms with Gasteiger partial charge in [0.2, 0.25) is 0 Å². The van der Waals surface area contributed by atoms with Crippen molar-refractivity contribution >= 4 is 63.6 Å². The maximum Gasteiger partial charge on any atom is 0.261 e. The average Bonchev–Trinajstić information content (AvgIpc) is 3.19. The van der Waals surface area contributed by atoms with Crippen LogP contribution in [-0.4, -0.2) is 11.8 Å². The highest BCUT2D eigenvalue weighted by Gasteiger charge is 2.11. The van der Waals surface area contributed by atoms with Gasteiger partial charge in [0.15, 0.2) is 0 Å². The summed E-state index contributed by atoms with van der Waals surface area (Å²) in [4.78, 5) is 25.0. The first kappa shape index (κ1) is 19.7. The molecule has 0 atom stereocenters. The Labute approximate surface area is 175 Å². The van der Waals surface area contributed by atoms with E-state index in [4.69, 9.17) is 34.8 Å². The Morgan fingerprint density at radius 1 is 0.889 bits per heavy atom. The number of hydrogen-bond acceptors (Lipinski definition) is 3. The lowest BCUT2D eigenvalue weighted by atomic mass is 10.1. The first-order valence-electron chi connectivity index (χ1n) is 7.80. The number of hydrogen-bond donors (Lipinski definition) is 2. The largest absolute Gasteiger partial charge is 0.347 e. The number of halogens is 3. The maximum absolute atomic E-state index is 12.4. The molecule has 0 bridgehead atoms. The van der Waals surface area contributed by atoms with Crippen LogP contribution in [-0.2, 0) is 6.54 Å². The highest BCUT2D eigenvalue weighted by molar-refractivity contribution is 7.12. The Bertz CT molecular complexity index is 973. The van der Waals surface area contributed by atoms with Crippen molar-refractivity contribution in [3.63, 3.8) is 0 Å². The molecule has 3 rings (SSSR count). The summed E-state index contributed by atoms with van der Waals surface area (Å²) in [5.41, 5.74) is 1.71. The Balaban J connectivity index is 1.62. The highest BCUT2D eigenvalue weighted by Crippen LogP contribution is 2.32. The molecule has 8 heteroatoms. The predicted octanol–water partition coefficient (Wildman–Crippen LogP) is 5.89. The van der Waals surface area contributed by atoms with Crippen molar-refractivity contribution in [2.24, 2.45) is 0 Å². The number of carbonyl (C=O) groups excluding carboxylic acids is 2. The minimum atomic E-state index is -0.329. The lowest BCUT2D eigenvalue weighted by Crippen LogP contribution is -2.21. The molecular weight excluding hydrogens is 427 g/mol. The lowest BCUT2D eigenvalue weighted by Gasteiger charge is -2.09. The van der Waals surface area contributed by atoms with E-state index in [2.05, 4.69) is 10.6 Å². The molecule has 1 aromatic heterocycles. The number of rotatable bonds is 5. The third-order valence-corrected chi connectivity index (χ3v) is 5.58. The minimum Gasteiger partial charge on any atom is -0.347 e. The minimum absolute atomic E-state index is 0.124. The molecule has 0 fully saturated rings. The van der Waals surface area contributed by atoms with E-state index in [-0.39, 0.29) is 11.8 Å². The smallest absolute Gasteiger partial charge is 0.261 e. The van der Waals surface area contributed by atoms with Crippen LogP contribution >= 0.6 is 46.1 Å². The third-order valence-electron chi connectivity index (χ3n) is 3.67. The van der Waals surface area contributed by atoms with Crippen LogP contribution in [0.15, 0.2) is 53.9 Å². The van der Waals surface area contributed by atoms with E-state index in [0.29, 0.717) is 37.7 Å².